The van der Waals surface area contributed by atoms with Gasteiger partial charge < -0.3 is 16.4 Å². The molecule has 1 aromatic carbocycles. The predicted molar refractivity (Wildman–Crippen MR) is 62.1 cm³/mol. The van der Waals surface area contributed by atoms with E-state index in [0.29, 0.717) is 5.56 Å². The zero-order valence-electron chi connectivity index (χ0n) is 9.13. The van der Waals surface area contributed by atoms with Gasteiger partial charge in [-0.2, -0.15) is 0 Å². The van der Waals surface area contributed by atoms with Gasteiger partial charge in [0.05, 0.1) is 5.56 Å². The molecule has 15 heavy (non-hydrogen) atoms. The Hall–Kier alpha value is -1.55. The molecule has 0 bridgehead atoms. The summed E-state index contributed by atoms with van der Waals surface area (Å²) in [6.45, 7) is 3.58. The van der Waals surface area contributed by atoms with Gasteiger partial charge in [0, 0.05) is 18.8 Å². The minimum absolute atomic E-state index is 0.401. The zero-order chi connectivity index (χ0) is 11.3. The van der Waals surface area contributed by atoms with Gasteiger partial charge in [-0.15, -0.1) is 0 Å². The number of likely N-dealkylation sites (N-methyl/N-ethyl adjacent to an activating group) is 1. The molecule has 0 unspecified atom stereocenters. The van der Waals surface area contributed by atoms with E-state index in [2.05, 4.69) is 10.6 Å². The van der Waals surface area contributed by atoms with Gasteiger partial charge in [0.15, 0.2) is 0 Å². The van der Waals surface area contributed by atoms with E-state index in [0.717, 1.165) is 24.3 Å². The Morgan fingerprint density at radius 3 is 2.73 bits per heavy atom. The monoisotopic (exact) mass is 207 g/mol. The maximum Gasteiger partial charge on any atom is 0.250 e. The van der Waals surface area contributed by atoms with Crippen molar-refractivity contribution in [3.63, 3.8) is 0 Å². The molecular formula is C11H17N3O. The van der Waals surface area contributed by atoms with E-state index in [4.69, 9.17) is 5.73 Å². The third-order valence-electron chi connectivity index (χ3n) is 2.13. The minimum Gasteiger partial charge on any atom is -0.383 e. The largest absolute Gasteiger partial charge is 0.383 e. The molecule has 4 N–H and O–H groups in total. The molecule has 4 heteroatoms. The van der Waals surface area contributed by atoms with Crippen LogP contribution in [0.3, 0.4) is 0 Å². The quantitative estimate of drug-likeness (QED) is 0.623. The van der Waals surface area contributed by atoms with Crippen LogP contribution in [0, 0.1) is 6.92 Å². The van der Waals surface area contributed by atoms with Crippen LogP contribution in [0.25, 0.3) is 0 Å². The lowest BCUT2D eigenvalue weighted by atomic mass is 10.1. The van der Waals surface area contributed by atoms with Gasteiger partial charge in [0.1, 0.15) is 0 Å². The number of carbonyl (C=O) groups excluding carboxylic acids is 1. The summed E-state index contributed by atoms with van der Waals surface area (Å²) in [5.74, 6) is -0.401. The van der Waals surface area contributed by atoms with E-state index in [1.165, 1.54) is 0 Å². The summed E-state index contributed by atoms with van der Waals surface area (Å²) >= 11 is 0. The first-order valence-electron chi connectivity index (χ1n) is 4.94. The molecule has 0 heterocycles. The van der Waals surface area contributed by atoms with Gasteiger partial charge in [0.2, 0.25) is 0 Å². The molecule has 1 rings (SSSR count). The van der Waals surface area contributed by atoms with Crippen molar-refractivity contribution in [2.45, 2.75) is 6.92 Å². The lowest BCUT2D eigenvalue weighted by molar-refractivity contribution is 0.100. The number of primary amides is 1. The van der Waals surface area contributed by atoms with Crippen LogP contribution in [-0.4, -0.2) is 26.0 Å². The molecule has 1 aromatic rings. The molecule has 0 spiro atoms. The number of hydrogen-bond donors (Lipinski definition) is 3. The number of hydrogen-bond acceptors (Lipinski definition) is 3. The van der Waals surface area contributed by atoms with Crippen LogP contribution in [-0.2, 0) is 0 Å². The van der Waals surface area contributed by atoms with Crippen LogP contribution in [0.2, 0.25) is 0 Å². The fourth-order valence-electron chi connectivity index (χ4n) is 1.34. The van der Waals surface area contributed by atoms with Gasteiger partial charge in [0.25, 0.3) is 5.91 Å². The molecule has 0 aliphatic rings. The van der Waals surface area contributed by atoms with Crippen molar-refractivity contribution < 1.29 is 4.79 Å². The molecule has 0 saturated carbocycles. The van der Waals surface area contributed by atoms with E-state index in [9.17, 15) is 4.79 Å². The summed E-state index contributed by atoms with van der Waals surface area (Å²) in [6, 6.07) is 5.55. The first-order chi connectivity index (χ1) is 7.15. The molecule has 0 fully saturated rings. The van der Waals surface area contributed by atoms with Crippen LogP contribution < -0.4 is 16.4 Å². The minimum atomic E-state index is -0.401. The molecule has 82 valence electrons. The second-order valence-corrected chi connectivity index (χ2v) is 3.44. The van der Waals surface area contributed by atoms with Gasteiger partial charge in [-0.25, -0.2) is 0 Å². The highest BCUT2D eigenvalue weighted by Crippen LogP contribution is 2.16. The average molecular weight is 207 g/mol. The van der Waals surface area contributed by atoms with Gasteiger partial charge >= 0.3 is 0 Å². The lowest BCUT2D eigenvalue weighted by Crippen LogP contribution is -2.20. The Morgan fingerprint density at radius 2 is 2.13 bits per heavy atom. The summed E-state index contributed by atoms with van der Waals surface area (Å²) in [6.07, 6.45) is 0. The topological polar surface area (TPSA) is 67.2 Å². The fourth-order valence-corrected chi connectivity index (χ4v) is 1.34. The number of aryl methyl sites for hydroxylation is 1. The average Bonchev–Trinajstić information content (AvgIpc) is 2.18. The van der Waals surface area contributed by atoms with Crippen LogP contribution in [0.4, 0.5) is 5.69 Å². The number of rotatable bonds is 5. The third kappa shape index (κ3) is 3.25. The molecule has 0 aliphatic carbocycles. The Balaban J connectivity index is 2.82. The smallest absolute Gasteiger partial charge is 0.250 e. The number of nitrogens with two attached hydrogens (primary N) is 1. The maximum absolute atomic E-state index is 11.1. The second-order valence-electron chi connectivity index (χ2n) is 3.44. The van der Waals surface area contributed by atoms with Crippen LogP contribution in [0.1, 0.15) is 15.9 Å². The highest BCUT2D eigenvalue weighted by Gasteiger charge is 2.06. The van der Waals surface area contributed by atoms with Crippen molar-refractivity contribution in [2.24, 2.45) is 5.73 Å². The molecular weight excluding hydrogens is 190 g/mol. The molecule has 0 aromatic heterocycles. The molecule has 0 atom stereocenters. The lowest BCUT2D eigenvalue weighted by Gasteiger charge is -2.10. The van der Waals surface area contributed by atoms with Crippen molar-refractivity contribution in [1.29, 1.82) is 0 Å². The highest BCUT2D eigenvalue weighted by atomic mass is 16.1. The van der Waals surface area contributed by atoms with Crippen LogP contribution in [0.15, 0.2) is 18.2 Å². The van der Waals surface area contributed by atoms with E-state index in [-0.39, 0.29) is 0 Å². The number of anilines is 1. The summed E-state index contributed by atoms with van der Waals surface area (Å²) in [5.41, 5.74) is 7.72. The Kier molecular flexibility index (Phi) is 4.12. The van der Waals surface area contributed by atoms with E-state index >= 15 is 0 Å². The standard InChI is InChI=1S/C11H17N3O/c1-8-3-4-9(11(12)15)10(7-8)14-6-5-13-2/h3-4,7,13-14H,5-6H2,1-2H3,(H2,12,15). The summed E-state index contributed by atoms with van der Waals surface area (Å²) < 4.78 is 0. The van der Waals surface area contributed by atoms with E-state index < -0.39 is 5.91 Å². The Morgan fingerprint density at radius 1 is 1.40 bits per heavy atom. The van der Waals surface area contributed by atoms with E-state index in [1.807, 2.05) is 26.1 Å². The Labute approximate surface area is 89.9 Å². The first kappa shape index (κ1) is 11.5. The van der Waals surface area contributed by atoms with Gasteiger partial charge in [-0.1, -0.05) is 6.07 Å². The normalized spacial score (nSPS) is 10.0. The summed E-state index contributed by atoms with van der Waals surface area (Å²) in [5, 5.41) is 6.20. The van der Waals surface area contributed by atoms with Crippen molar-refractivity contribution >= 4 is 11.6 Å². The molecule has 0 saturated heterocycles. The molecule has 0 aliphatic heterocycles. The van der Waals surface area contributed by atoms with Crippen LogP contribution >= 0.6 is 0 Å². The number of carbonyl (C=O) groups is 1. The third-order valence-corrected chi connectivity index (χ3v) is 2.13. The van der Waals surface area contributed by atoms with Gasteiger partial charge in [-0.05, 0) is 31.7 Å². The van der Waals surface area contributed by atoms with Crippen LogP contribution in [0.5, 0.6) is 0 Å². The van der Waals surface area contributed by atoms with Crippen molar-refractivity contribution in [3.05, 3.63) is 29.3 Å². The van der Waals surface area contributed by atoms with Crippen molar-refractivity contribution in [1.82, 2.24) is 5.32 Å². The summed E-state index contributed by atoms with van der Waals surface area (Å²) in [4.78, 5) is 11.1. The predicted octanol–water partition coefficient (Wildman–Crippen LogP) is 0.725. The summed E-state index contributed by atoms with van der Waals surface area (Å²) in [7, 11) is 1.88. The zero-order valence-corrected chi connectivity index (χ0v) is 9.13. The maximum atomic E-state index is 11.1. The molecule has 0 radical (unpaired) electrons. The van der Waals surface area contributed by atoms with Crippen molar-refractivity contribution in [2.75, 3.05) is 25.5 Å². The number of nitrogens with one attached hydrogen (secondary N) is 2. The SMILES string of the molecule is CNCCNc1cc(C)ccc1C(N)=O. The fraction of sp³-hybridized carbons (Fsp3) is 0.364. The second kappa shape index (κ2) is 5.36. The first-order valence-corrected chi connectivity index (χ1v) is 4.94. The van der Waals surface area contributed by atoms with E-state index in [1.54, 1.807) is 6.07 Å². The number of benzene rings is 1. The molecule has 4 nitrogen and oxygen atoms in total. The van der Waals surface area contributed by atoms with Gasteiger partial charge in [-0.3, -0.25) is 4.79 Å². The Bertz CT molecular complexity index is 350. The highest BCUT2D eigenvalue weighted by molar-refractivity contribution is 5.98. The number of amides is 1. The molecule has 1 amide bonds. The van der Waals surface area contributed by atoms with Crippen molar-refractivity contribution in [3.8, 4) is 0 Å².